The van der Waals surface area contributed by atoms with Crippen LogP contribution < -0.4 is 0 Å². The number of ether oxygens (including phenoxy) is 1. The maximum absolute atomic E-state index is 11.6. The Morgan fingerprint density at radius 3 is 2.53 bits per heavy atom. The number of nitrogens with zero attached hydrogens (tertiary/aromatic N) is 1. The van der Waals surface area contributed by atoms with Gasteiger partial charge in [0, 0.05) is 18.4 Å². The number of alkyl halides is 1. The van der Waals surface area contributed by atoms with Crippen molar-refractivity contribution in [2.24, 2.45) is 11.8 Å². The number of likely N-dealkylation sites (tertiary alicyclic amines) is 1. The molecule has 0 bridgehead atoms. The van der Waals surface area contributed by atoms with E-state index in [2.05, 4.69) is 15.9 Å². The number of carbonyl (C=O) groups excluding carboxylic acids is 1. The van der Waals surface area contributed by atoms with E-state index in [9.17, 15) is 4.79 Å². The van der Waals surface area contributed by atoms with E-state index in [1.807, 2.05) is 18.7 Å². The lowest BCUT2D eigenvalue weighted by Crippen LogP contribution is -2.39. The first-order chi connectivity index (χ1) is 7.13. The summed E-state index contributed by atoms with van der Waals surface area (Å²) in [6.45, 7) is 6.30. The minimum atomic E-state index is -0.142. The lowest BCUT2D eigenvalue weighted by Gasteiger charge is -2.30. The molecule has 0 unspecified atom stereocenters. The zero-order valence-electron chi connectivity index (χ0n) is 9.54. The molecule has 0 aliphatic carbocycles. The summed E-state index contributed by atoms with van der Waals surface area (Å²) >= 11 is 3.48. The van der Waals surface area contributed by atoms with Crippen LogP contribution in [-0.4, -0.2) is 36.0 Å². The van der Waals surface area contributed by atoms with E-state index in [1.54, 1.807) is 0 Å². The summed E-state index contributed by atoms with van der Waals surface area (Å²) in [5.41, 5.74) is 0. The largest absolute Gasteiger partial charge is 0.449 e. The molecule has 1 aliphatic rings. The number of hydrogen-bond acceptors (Lipinski definition) is 2. The second-order valence-corrected chi connectivity index (χ2v) is 5.20. The van der Waals surface area contributed by atoms with E-state index in [-0.39, 0.29) is 6.09 Å². The molecule has 1 rings (SSSR count). The fourth-order valence-corrected chi connectivity index (χ4v) is 2.25. The molecule has 0 radical (unpaired) electrons. The normalized spacial score (nSPS) is 18.3. The smallest absolute Gasteiger partial charge is 0.409 e. The topological polar surface area (TPSA) is 29.5 Å². The highest BCUT2D eigenvalue weighted by molar-refractivity contribution is 9.09. The third-order valence-corrected chi connectivity index (χ3v) is 3.55. The minimum absolute atomic E-state index is 0.142. The molecule has 0 atom stereocenters. The number of halogens is 1. The monoisotopic (exact) mass is 277 g/mol. The second kappa shape index (κ2) is 6.36. The highest BCUT2D eigenvalue weighted by atomic mass is 79.9. The third-order valence-electron chi connectivity index (χ3n) is 2.63. The maximum Gasteiger partial charge on any atom is 0.409 e. The van der Waals surface area contributed by atoms with Gasteiger partial charge in [-0.25, -0.2) is 4.79 Å². The average molecular weight is 278 g/mol. The number of rotatable bonds is 3. The summed E-state index contributed by atoms with van der Waals surface area (Å²) in [4.78, 5) is 13.4. The molecule has 1 heterocycles. The van der Waals surface area contributed by atoms with Gasteiger partial charge in [-0.05, 0) is 24.7 Å². The summed E-state index contributed by atoms with van der Waals surface area (Å²) in [6, 6.07) is 0. The molecule has 0 aromatic heterocycles. The molecule has 0 saturated carbocycles. The van der Waals surface area contributed by atoms with Gasteiger partial charge < -0.3 is 9.64 Å². The number of piperidine rings is 1. The molecule has 88 valence electrons. The zero-order chi connectivity index (χ0) is 11.3. The van der Waals surface area contributed by atoms with Gasteiger partial charge in [0.05, 0.1) is 6.61 Å². The average Bonchev–Trinajstić information content (AvgIpc) is 2.26. The van der Waals surface area contributed by atoms with Crippen molar-refractivity contribution in [3.63, 3.8) is 0 Å². The predicted octanol–water partition coefficient (Wildman–Crippen LogP) is 2.89. The Bertz CT molecular complexity index is 201. The fourth-order valence-electron chi connectivity index (χ4n) is 1.60. The number of hydrogen-bond donors (Lipinski definition) is 0. The molecule has 15 heavy (non-hydrogen) atoms. The first kappa shape index (κ1) is 12.8. The van der Waals surface area contributed by atoms with E-state index < -0.39 is 0 Å². The lowest BCUT2D eigenvalue weighted by molar-refractivity contribution is 0.0807. The quantitative estimate of drug-likeness (QED) is 0.743. The Morgan fingerprint density at radius 2 is 2.07 bits per heavy atom. The van der Waals surface area contributed by atoms with Crippen molar-refractivity contribution in [3.8, 4) is 0 Å². The van der Waals surface area contributed by atoms with Gasteiger partial charge in [-0.3, -0.25) is 0 Å². The molecule has 0 aromatic carbocycles. The predicted molar refractivity (Wildman–Crippen MR) is 64.3 cm³/mol. The molecule has 0 N–H and O–H groups in total. The Morgan fingerprint density at radius 1 is 1.47 bits per heavy atom. The van der Waals surface area contributed by atoms with Gasteiger partial charge in [0.1, 0.15) is 0 Å². The summed E-state index contributed by atoms with van der Waals surface area (Å²) < 4.78 is 5.19. The summed E-state index contributed by atoms with van der Waals surface area (Å²) in [7, 11) is 0. The van der Waals surface area contributed by atoms with E-state index in [1.165, 1.54) is 0 Å². The first-order valence-corrected chi connectivity index (χ1v) is 6.73. The van der Waals surface area contributed by atoms with Gasteiger partial charge in [-0.1, -0.05) is 29.8 Å². The highest BCUT2D eigenvalue weighted by Crippen LogP contribution is 2.19. The Hall–Kier alpha value is -0.250. The van der Waals surface area contributed by atoms with Gasteiger partial charge >= 0.3 is 6.09 Å². The van der Waals surface area contributed by atoms with Gasteiger partial charge in [0.25, 0.3) is 0 Å². The molecule has 4 heteroatoms. The molecule has 3 nitrogen and oxygen atoms in total. The first-order valence-electron chi connectivity index (χ1n) is 5.61. The molecule has 1 saturated heterocycles. The minimum Gasteiger partial charge on any atom is -0.449 e. The highest BCUT2D eigenvalue weighted by Gasteiger charge is 2.22. The molecule has 0 spiro atoms. The Balaban J connectivity index is 2.24. The Labute approximate surface area is 100 Å². The standard InChI is InChI=1S/C11H20BrNO2/c1-9(2)8-15-11(14)13-5-3-10(7-12)4-6-13/h9-10H,3-8H2,1-2H3. The van der Waals surface area contributed by atoms with Crippen molar-refractivity contribution in [2.45, 2.75) is 26.7 Å². The summed E-state index contributed by atoms with van der Waals surface area (Å²) in [5.74, 6) is 1.13. The van der Waals surface area contributed by atoms with Gasteiger partial charge in [-0.2, -0.15) is 0 Å². The van der Waals surface area contributed by atoms with Gasteiger partial charge in [-0.15, -0.1) is 0 Å². The van der Waals surface area contributed by atoms with E-state index >= 15 is 0 Å². The SMILES string of the molecule is CC(C)COC(=O)N1CCC(CBr)CC1. The summed E-state index contributed by atoms with van der Waals surface area (Å²) in [6.07, 6.45) is 2.03. The van der Waals surface area contributed by atoms with Crippen LogP contribution in [0.5, 0.6) is 0 Å². The van der Waals surface area contributed by atoms with Crippen molar-refractivity contribution in [2.75, 3.05) is 25.0 Å². The number of amides is 1. The van der Waals surface area contributed by atoms with E-state index in [0.717, 1.165) is 37.2 Å². The number of carbonyl (C=O) groups is 1. The maximum atomic E-state index is 11.6. The van der Waals surface area contributed by atoms with Crippen LogP contribution in [0, 0.1) is 11.8 Å². The van der Waals surface area contributed by atoms with Crippen LogP contribution in [0.4, 0.5) is 4.79 Å². The van der Waals surface area contributed by atoms with Crippen molar-refractivity contribution in [3.05, 3.63) is 0 Å². The zero-order valence-corrected chi connectivity index (χ0v) is 11.1. The van der Waals surface area contributed by atoms with Crippen LogP contribution in [0.25, 0.3) is 0 Å². The molecule has 1 aliphatic heterocycles. The van der Waals surface area contributed by atoms with E-state index in [0.29, 0.717) is 12.5 Å². The molecular formula is C11H20BrNO2. The molecular weight excluding hydrogens is 258 g/mol. The van der Waals surface area contributed by atoms with Gasteiger partial charge in [0.2, 0.25) is 0 Å². The van der Waals surface area contributed by atoms with Crippen molar-refractivity contribution < 1.29 is 9.53 Å². The van der Waals surface area contributed by atoms with Crippen molar-refractivity contribution >= 4 is 22.0 Å². The van der Waals surface area contributed by atoms with Crippen LogP contribution in [0.2, 0.25) is 0 Å². The fraction of sp³-hybridized carbons (Fsp3) is 0.909. The third kappa shape index (κ3) is 4.41. The van der Waals surface area contributed by atoms with Crippen LogP contribution in [0.1, 0.15) is 26.7 Å². The van der Waals surface area contributed by atoms with Crippen LogP contribution in [0.15, 0.2) is 0 Å². The van der Waals surface area contributed by atoms with Gasteiger partial charge in [0.15, 0.2) is 0 Å². The second-order valence-electron chi connectivity index (χ2n) is 4.56. The lowest BCUT2D eigenvalue weighted by atomic mass is 10.00. The van der Waals surface area contributed by atoms with Crippen LogP contribution in [-0.2, 0) is 4.74 Å². The molecule has 1 fully saturated rings. The van der Waals surface area contributed by atoms with Crippen LogP contribution >= 0.6 is 15.9 Å². The Kier molecular flexibility index (Phi) is 5.43. The molecule has 1 amide bonds. The van der Waals surface area contributed by atoms with E-state index in [4.69, 9.17) is 4.74 Å². The molecule has 0 aromatic rings. The van der Waals surface area contributed by atoms with Crippen molar-refractivity contribution in [1.29, 1.82) is 0 Å². The summed E-state index contributed by atoms with van der Waals surface area (Å²) in [5, 5.41) is 1.04. The van der Waals surface area contributed by atoms with Crippen molar-refractivity contribution in [1.82, 2.24) is 4.90 Å². The van der Waals surface area contributed by atoms with Crippen LogP contribution in [0.3, 0.4) is 0 Å².